The number of aromatic amines is 1. The summed E-state index contributed by atoms with van der Waals surface area (Å²) in [7, 11) is 0. The molecule has 4 N–H and O–H groups in total. The van der Waals surface area contributed by atoms with Crippen molar-refractivity contribution in [2.45, 2.75) is 25.5 Å². The van der Waals surface area contributed by atoms with E-state index in [1.54, 1.807) is 11.8 Å². The standard InChI is InChI=1S/C24H20F5N5O/c1-10-19(24-32-17-7-15(27)20(28)21(29)22(17)33-24)23(34-3-2-16(30)18(35)9-34)14(8-31-10)11-4-12(25)6-13(26)5-11/h4-8,16,18,35H,2-3,9,30H2,1H3,(H,32,33)/t16-,18+/m1/s1. The normalized spacial score (nSPS) is 18.5. The molecule has 2 aromatic heterocycles. The molecule has 1 aliphatic heterocycles. The van der Waals surface area contributed by atoms with Gasteiger partial charge in [0, 0.05) is 43.0 Å². The van der Waals surface area contributed by atoms with E-state index in [1.807, 2.05) is 0 Å². The highest BCUT2D eigenvalue weighted by atomic mass is 19.2. The number of nitrogens with zero attached hydrogens (tertiary/aromatic N) is 3. The predicted molar refractivity (Wildman–Crippen MR) is 120 cm³/mol. The first-order chi connectivity index (χ1) is 16.6. The number of hydrogen-bond donors (Lipinski definition) is 3. The Bertz CT molecular complexity index is 1440. The number of aliphatic hydroxyl groups excluding tert-OH is 1. The fourth-order valence-electron chi connectivity index (χ4n) is 4.45. The maximum absolute atomic E-state index is 14.4. The molecule has 182 valence electrons. The van der Waals surface area contributed by atoms with Gasteiger partial charge >= 0.3 is 0 Å². The monoisotopic (exact) mass is 489 g/mol. The van der Waals surface area contributed by atoms with Crippen molar-refractivity contribution in [3.8, 4) is 22.5 Å². The van der Waals surface area contributed by atoms with E-state index >= 15 is 0 Å². The first kappa shape index (κ1) is 23.2. The SMILES string of the molecule is Cc1ncc(-c2cc(F)cc(F)c2)c(N2CC[C@@H](N)[C@@H](O)C2)c1-c1nc2c(F)c(F)c(F)cc2[nH]1. The molecule has 35 heavy (non-hydrogen) atoms. The van der Waals surface area contributed by atoms with Crippen molar-refractivity contribution in [2.24, 2.45) is 5.73 Å². The summed E-state index contributed by atoms with van der Waals surface area (Å²) >= 11 is 0. The molecule has 0 radical (unpaired) electrons. The largest absolute Gasteiger partial charge is 0.390 e. The number of hydrogen-bond acceptors (Lipinski definition) is 5. The van der Waals surface area contributed by atoms with E-state index in [0.717, 1.165) is 24.3 Å². The molecule has 0 saturated carbocycles. The number of aromatic nitrogens is 3. The second-order valence-electron chi connectivity index (χ2n) is 8.57. The molecule has 11 heteroatoms. The third-order valence-corrected chi connectivity index (χ3v) is 6.21. The van der Waals surface area contributed by atoms with Gasteiger partial charge in [-0.1, -0.05) is 0 Å². The zero-order valence-corrected chi connectivity index (χ0v) is 18.4. The summed E-state index contributed by atoms with van der Waals surface area (Å²) in [6.45, 7) is 2.13. The van der Waals surface area contributed by atoms with Gasteiger partial charge in [-0.05, 0) is 31.0 Å². The van der Waals surface area contributed by atoms with Crippen molar-refractivity contribution in [1.82, 2.24) is 15.0 Å². The number of β-amino-alcohol motifs (C(OH)–C–C–N with tert-alkyl or cyclic N) is 1. The molecule has 4 aromatic rings. The summed E-state index contributed by atoms with van der Waals surface area (Å²) in [5.74, 6) is -6.03. The fourth-order valence-corrected chi connectivity index (χ4v) is 4.45. The first-order valence-corrected chi connectivity index (χ1v) is 10.8. The number of nitrogens with one attached hydrogen (secondary N) is 1. The van der Waals surface area contributed by atoms with Crippen LogP contribution in [0.3, 0.4) is 0 Å². The average Bonchev–Trinajstić information content (AvgIpc) is 3.22. The summed E-state index contributed by atoms with van der Waals surface area (Å²) in [6.07, 6.45) is 0.967. The van der Waals surface area contributed by atoms with Gasteiger partial charge in [-0.15, -0.1) is 0 Å². The minimum Gasteiger partial charge on any atom is -0.390 e. The van der Waals surface area contributed by atoms with Gasteiger partial charge in [0.1, 0.15) is 23.0 Å². The summed E-state index contributed by atoms with van der Waals surface area (Å²) in [6, 6.07) is 3.34. The third-order valence-electron chi connectivity index (χ3n) is 6.21. The lowest BCUT2D eigenvalue weighted by atomic mass is 9.96. The zero-order valence-electron chi connectivity index (χ0n) is 18.4. The van der Waals surface area contributed by atoms with Gasteiger partial charge in [0.05, 0.1) is 28.6 Å². The highest BCUT2D eigenvalue weighted by Gasteiger charge is 2.31. The smallest absolute Gasteiger partial charge is 0.196 e. The second kappa shape index (κ2) is 8.58. The molecule has 0 amide bonds. The van der Waals surface area contributed by atoms with Crippen LogP contribution in [-0.2, 0) is 0 Å². The van der Waals surface area contributed by atoms with E-state index in [-0.39, 0.29) is 23.4 Å². The van der Waals surface area contributed by atoms with Crippen LogP contribution in [0.1, 0.15) is 12.1 Å². The molecule has 5 rings (SSSR count). The Balaban J connectivity index is 1.79. The number of halogens is 5. The molecule has 1 fully saturated rings. The summed E-state index contributed by atoms with van der Waals surface area (Å²) in [5, 5.41) is 10.4. The highest BCUT2D eigenvalue weighted by molar-refractivity contribution is 5.92. The van der Waals surface area contributed by atoms with Crippen LogP contribution in [0.2, 0.25) is 0 Å². The average molecular weight is 489 g/mol. The van der Waals surface area contributed by atoms with Crippen LogP contribution >= 0.6 is 0 Å². The number of imidazole rings is 1. The molecule has 6 nitrogen and oxygen atoms in total. The number of fused-ring (bicyclic) bond motifs is 1. The van der Waals surface area contributed by atoms with E-state index in [0.29, 0.717) is 35.5 Å². The molecular formula is C24H20F5N5O. The Kier molecular flexibility index (Phi) is 5.68. The molecule has 3 heterocycles. The Morgan fingerprint density at radius 2 is 1.77 bits per heavy atom. The minimum absolute atomic E-state index is 0.0481. The fraction of sp³-hybridized carbons (Fsp3) is 0.250. The molecule has 2 aromatic carbocycles. The van der Waals surface area contributed by atoms with Gasteiger partial charge in [0.15, 0.2) is 17.5 Å². The number of aryl methyl sites for hydroxylation is 1. The van der Waals surface area contributed by atoms with Gasteiger partial charge in [-0.3, -0.25) is 4.98 Å². The maximum Gasteiger partial charge on any atom is 0.196 e. The lowest BCUT2D eigenvalue weighted by molar-refractivity contribution is 0.132. The van der Waals surface area contributed by atoms with E-state index in [2.05, 4.69) is 15.0 Å². The Hall–Kier alpha value is -3.57. The van der Waals surface area contributed by atoms with E-state index < -0.39 is 46.7 Å². The minimum atomic E-state index is -1.65. The van der Waals surface area contributed by atoms with Crippen LogP contribution in [0.25, 0.3) is 33.5 Å². The van der Waals surface area contributed by atoms with Crippen LogP contribution in [0.4, 0.5) is 27.6 Å². The molecule has 1 aliphatic rings. The number of aliphatic hydroxyl groups is 1. The van der Waals surface area contributed by atoms with Crippen LogP contribution < -0.4 is 10.6 Å². The molecular weight excluding hydrogens is 469 g/mol. The van der Waals surface area contributed by atoms with Crippen molar-refractivity contribution in [3.63, 3.8) is 0 Å². The summed E-state index contributed by atoms with van der Waals surface area (Å²) in [5.41, 5.74) is 7.12. The quantitative estimate of drug-likeness (QED) is 0.297. The number of anilines is 1. The third kappa shape index (κ3) is 4.00. The number of nitrogens with two attached hydrogens (primary N) is 1. The van der Waals surface area contributed by atoms with Crippen molar-refractivity contribution in [1.29, 1.82) is 0 Å². The second-order valence-corrected chi connectivity index (χ2v) is 8.57. The van der Waals surface area contributed by atoms with Gasteiger partial charge < -0.3 is 20.7 Å². The molecule has 0 spiro atoms. The number of benzene rings is 2. The summed E-state index contributed by atoms with van der Waals surface area (Å²) < 4.78 is 70.3. The highest BCUT2D eigenvalue weighted by Crippen LogP contribution is 2.42. The number of rotatable bonds is 3. The molecule has 0 bridgehead atoms. The zero-order chi connectivity index (χ0) is 25.0. The van der Waals surface area contributed by atoms with Crippen molar-refractivity contribution >= 4 is 16.7 Å². The lowest BCUT2D eigenvalue weighted by Crippen LogP contribution is -2.51. The van der Waals surface area contributed by atoms with Gasteiger partial charge in [0.25, 0.3) is 0 Å². The maximum atomic E-state index is 14.4. The molecule has 0 unspecified atom stereocenters. The van der Waals surface area contributed by atoms with E-state index in [4.69, 9.17) is 5.73 Å². The van der Waals surface area contributed by atoms with E-state index in [1.165, 1.54) is 6.20 Å². The van der Waals surface area contributed by atoms with Gasteiger partial charge in [-0.2, -0.15) is 0 Å². The van der Waals surface area contributed by atoms with E-state index in [9.17, 15) is 27.1 Å². The van der Waals surface area contributed by atoms with Crippen LogP contribution in [0.15, 0.2) is 30.5 Å². The van der Waals surface area contributed by atoms with Gasteiger partial charge in [0.2, 0.25) is 0 Å². The number of H-pyrrole nitrogens is 1. The van der Waals surface area contributed by atoms with Crippen LogP contribution in [-0.4, -0.2) is 45.3 Å². The Labute approximate surface area is 196 Å². The Morgan fingerprint density at radius 1 is 1.06 bits per heavy atom. The molecule has 0 aliphatic carbocycles. The van der Waals surface area contributed by atoms with Crippen LogP contribution in [0, 0.1) is 36.0 Å². The topological polar surface area (TPSA) is 91.1 Å². The lowest BCUT2D eigenvalue weighted by Gasteiger charge is -2.37. The van der Waals surface area contributed by atoms with Gasteiger partial charge in [-0.25, -0.2) is 26.9 Å². The van der Waals surface area contributed by atoms with Crippen LogP contribution in [0.5, 0.6) is 0 Å². The van der Waals surface area contributed by atoms with Crippen molar-refractivity contribution < 1.29 is 27.1 Å². The Morgan fingerprint density at radius 3 is 2.46 bits per heavy atom. The molecule has 1 saturated heterocycles. The predicted octanol–water partition coefficient (Wildman–Crippen LogP) is 4.19. The van der Waals surface area contributed by atoms with Crippen molar-refractivity contribution in [2.75, 3.05) is 18.0 Å². The molecule has 2 atom stereocenters. The number of pyridine rings is 1. The van der Waals surface area contributed by atoms with Crippen molar-refractivity contribution in [3.05, 3.63) is 65.2 Å². The summed E-state index contributed by atoms with van der Waals surface area (Å²) in [4.78, 5) is 13.1. The number of piperidine rings is 1. The first-order valence-electron chi connectivity index (χ1n) is 10.8.